The molecule has 2 atom stereocenters. The second kappa shape index (κ2) is 5.27. The average molecular weight is 293 g/mol. The summed E-state index contributed by atoms with van der Waals surface area (Å²) in [6.45, 7) is 5.23. The molecule has 3 N–H and O–H groups in total. The number of rotatable bonds is 3. The van der Waals surface area contributed by atoms with Crippen molar-refractivity contribution in [3.05, 3.63) is 23.8 Å². The van der Waals surface area contributed by atoms with E-state index in [0.717, 1.165) is 5.56 Å². The first kappa shape index (κ1) is 15.2. The van der Waals surface area contributed by atoms with Gasteiger partial charge in [0.15, 0.2) is 0 Å². The number of ether oxygens (including phenoxy) is 1. The summed E-state index contributed by atoms with van der Waals surface area (Å²) in [7, 11) is 0. The zero-order valence-electron chi connectivity index (χ0n) is 12.2. The molecule has 6 heteroatoms. The first-order valence-electron chi connectivity index (χ1n) is 6.73. The largest absolute Gasteiger partial charge is 0.506 e. The number of nitrogens with one attached hydrogen (secondary N) is 1. The number of hydrogen-bond acceptors (Lipinski definition) is 4. The number of benzene rings is 1. The molecule has 0 spiro atoms. The summed E-state index contributed by atoms with van der Waals surface area (Å²) in [5.74, 6) is -1.37. The van der Waals surface area contributed by atoms with Gasteiger partial charge in [0.25, 0.3) is 0 Å². The molecule has 0 radical (unpaired) electrons. The lowest BCUT2D eigenvalue weighted by Gasteiger charge is -2.20. The van der Waals surface area contributed by atoms with Crippen molar-refractivity contribution in [3.63, 3.8) is 0 Å². The van der Waals surface area contributed by atoms with Gasteiger partial charge in [-0.3, -0.25) is 10.1 Å². The van der Waals surface area contributed by atoms with E-state index in [1.165, 1.54) is 6.07 Å². The van der Waals surface area contributed by atoms with Crippen LogP contribution in [-0.4, -0.2) is 27.9 Å². The van der Waals surface area contributed by atoms with E-state index in [2.05, 4.69) is 5.32 Å². The van der Waals surface area contributed by atoms with Crippen molar-refractivity contribution in [3.8, 4) is 5.75 Å². The second-order valence-corrected chi connectivity index (χ2v) is 6.19. The number of carboxylic acids is 1. The molecular formula is C15H19NO5. The second-order valence-electron chi connectivity index (χ2n) is 6.19. The number of aliphatic carboxylic acids is 1. The fourth-order valence-electron chi connectivity index (χ4n) is 2.13. The lowest BCUT2D eigenvalue weighted by atomic mass is 10.1. The highest BCUT2D eigenvalue weighted by molar-refractivity contribution is 5.87. The van der Waals surface area contributed by atoms with E-state index >= 15 is 0 Å². The fourth-order valence-corrected chi connectivity index (χ4v) is 2.13. The van der Waals surface area contributed by atoms with Crippen molar-refractivity contribution >= 4 is 17.7 Å². The number of aromatic hydroxyl groups is 1. The van der Waals surface area contributed by atoms with Gasteiger partial charge in [-0.2, -0.15) is 0 Å². The Kier molecular flexibility index (Phi) is 3.80. The van der Waals surface area contributed by atoms with Crippen LogP contribution in [0.25, 0.3) is 0 Å². The Bertz CT molecular complexity index is 576. The van der Waals surface area contributed by atoms with Crippen LogP contribution in [0, 0.1) is 5.92 Å². The van der Waals surface area contributed by atoms with Crippen LogP contribution < -0.4 is 5.32 Å². The van der Waals surface area contributed by atoms with Gasteiger partial charge in [-0.25, -0.2) is 4.79 Å². The SMILES string of the molecule is CC(C)(C)OC(=O)Nc1ccc(C2CC2C(=O)O)cc1O. The smallest absolute Gasteiger partial charge is 0.412 e. The molecule has 1 saturated carbocycles. The molecule has 2 unspecified atom stereocenters. The van der Waals surface area contributed by atoms with Gasteiger partial charge in [0.05, 0.1) is 11.6 Å². The third kappa shape index (κ3) is 3.87. The summed E-state index contributed by atoms with van der Waals surface area (Å²) < 4.78 is 5.10. The van der Waals surface area contributed by atoms with Gasteiger partial charge in [0, 0.05) is 0 Å². The van der Waals surface area contributed by atoms with Gasteiger partial charge in [-0.1, -0.05) is 6.07 Å². The quantitative estimate of drug-likeness (QED) is 0.745. The first-order chi connectivity index (χ1) is 9.67. The fraction of sp³-hybridized carbons (Fsp3) is 0.467. The van der Waals surface area contributed by atoms with Crippen LogP contribution in [0.4, 0.5) is 10.5 Å². The third-order valence-corrected chi connectivity index (χ3v) is 3.19. The van der Waals surface area contributed by atoms with E-state index in [9.17, 15) is 14.7 Å². The summed E-state index contributed by atoms with van der Waals surface area (Å²) in [6.07, 6.45) is -0.0754. The highest BCUT2D eigenvalue weighted by atomic mass is 16.6. The van der Waals surface area contributed by atoms with E-state index in [-0.39, 0.29) is 23.3 Å². The Morgan fingerprint density at radius 1 is 1.33 bits per heavy atom. The molecule has 6 nitrogen and oxygen atoms in total. The normalized spacial score (nSPS) is 20.7. The van der Waals surface area contributed by atoms with E-state index in [4.69, 9.17) is 9.84 Å². The summed E-state index contributed by atoms with van der Waals surface area (Å²) in [5.41, 5.74) is 0.373. The van der Waals surface area contributed by atoms with E-state index in [0.29, 0.717) is 6.42 Å². The molecule has 0 aromatic heterocycles. The van der Waals surface area contributed by atoms with Crippen LogP contribution >= 0.6 is 0 Å². The van der Waals surface area contributed by atoms with Gasteiger partial charge < -0.3 is 14.9 Å². The highest BCUT2D eigenvalue weighted by Crippen LogP contribution is 2.48. The topological polar surface area (TPSA) is 95.9 Å². The van der Waals surface area contributed by atoms with Gasteiger partial charge >= 0.3 is 12.1 Å². The maximum absolute atomic E-state index is 11.6. The lowest BCUT2D eigenvalue weighted by molar-refractivity contribution is -0.138. The minimum atomic E-state index is -0.824. The minimum Gasteiger partial charge on any atom is -0.506 e. The van der Waals surface area contributed by atoms with Crippen LogP contribution in [0.1, 0.15) is 38.7 Å². The average Bonchev–Trinajstić information content (AvgIpc) is 3.09. The standard InChI is InChI=1S/C15H19NO5/c1-15(2,3)21-14(20)16-11-5-4-8(6-12(11)17)9-7-10(9)13(18)19/h4-6,9-10,17H,7H2,1-3H3,(H,16,20)(H,18,19). The molecular weight excluding hydrogens is 274 g/mol. The number of amides is 1. The Morgan fingerprint density at radius 3 is 2.48 bits per heavy atom. The van der Waals surface area contributed by atoms with Gasteiger partial charge in [-0.05, 0) is 50.8 Å². The Morgan fingerprint density at radius 2 is 2.00 bits per heavy atom. The Labute approximate surface area is 122 Å². The predicted molar refractivity (Wildman–Crippen MR) is 76.4 cm³/mol. The van der Waals surface area contributed by atoms with Crippen molar-refractivity contribution in [1.82, 2.24) is 0 Å². The molecule has 0 saturated heterocycles. The number of carbonyl (C=O) groups is 2. The summed E-state index contributed by atoms with van der Waals surface area (Å²) >= 11 is 0. The molecule has 21 heavy (non-hydrogen) atoms. The van der Waals surface area contributed by atoms with E-state index in [1.807, 2.05) is 0 Å². The van der Waals surface area contributed by atoms with Crippen LogP contribution in [0.15, 0.2) is 18.2 Å². The highest BCUT2D eigenvalue weighted by Gasteiger charge is 2.44. The predicted octanol–water partition coefficient (Wildman–Crippen LogP) is 2.93. The molecule has 0 bridgehead atoms. The minimum absolute atomic E-state index is 0.0658. The van der Waals surface area contributed by atoms with Crippen LogP contribution in [0.2, 0.25) is 0 Å². The van der Waals surface area contributed by atoms with Crippen LogP contribution in [-0.2, 0) is 9.53 Å². The van der Waals surface area contributed by atoms with Crippen molar-refractivity contribution in [2.75, 3.05) is 5.32 Å². The van der Waals surface area contributed by atoms with E-state index in [1.54, 1.807) is 32.9 Å². The number of phenols is 1. The van der Waals surface area contributed by atoms with E-state index < -0.39 is 17.7 Å². The number of phenolic OH excluding ortho intramolecular Hbond substituents is 1. The lowest BCUT2D eigenvalue weighted by Crippen LogP contribution is -2.27. The molecule has 0 aliphatic heterocycles. The van der Waals surface area contributed by atoms with Gasteiger partial charge in [0.1, 0.15) is 11.4 Å². The number of carboxylic acid groups (broad SMARTS) is 1. The molecule has 1 aliphatic rings. The van der Waals surface area contributed by atoms with Crippen molar-refractivity contribution in [2.24, 2.45) is 5.92 Å². The molecule has 2 rings (SSSR count). The molecule has 0 heterocycles. The molecule has 1 fully saturated rings. The number of hydrogen-bond donors (Lipinski definition) is 3. The maximum atomic E-state index is 11.6. The third-order valence-electron chi connectivity index (χ3n) is 3.19. The maximum Gasteiger partial charge on any atom is 0.412 e. The summed E-state index contributed by atoms with van der Waals surface area (Å²) in [6, 6.07) is 4.74. The monoisotopic (exact) mass is 293 g/mol. The number of anilines is 1. The zero-order valence-corrected chi connectivity index (χ0v) is 12.2. The molecule has 1 aromatic rings. The molecule has 114 valence electrons. The molecule has 1 aliphatic carbocycles. The van der Waals surface area contributed by atoms with Crippen molar-refractivity contribution < 1.29 is 24.5 Å². The van der Waals surface area contributed by atoms with Crippen molar-refractivity contribution in [2.45, 2.75) is 38.7 Å². The first-order valence-corrected chi connectivity index (χ1v) is 6.73. The Balaban J connectivity index is 2.03. The van der Waals surface area contributed by atoms with Gasteiger partial charge in [-0.15, -0.1) is 0 Å². The summed E-state index contributed by atoms with van der Waals surface area (Å²) in [4.78, 5) is 22.5. The van der Waals surface area contributed by atoms with Gasteiger partial charge in [0.2, 0.25) is 0 Å². The Hall–Kier alpha value is -2.24. The number of carbonyl (C=O) groups excluding carboxylic acids is 1. The van der Waals surface area contributed by atoms with Crippen LogP contribution in [0.5, 0.6) is 5.75 Å². The van der Waals surface area contributed by atoms with Crippen molar-refractivity contribution in [1.29, 1.82) is 0 Å². The zero-order chi connectivity index (χ0) is 15.8. The van der Waals surface area contributed by atoms with Crippen LogP contribution in [0.3, 0.4) is 0 Å². The summed E-state index contributed by atoms with van der Waals surface area (Å²) in [5, 5.41) is 21.3. The molecule has 1 aromatic carbocycles. The molecule has 1 amide bonds.